The van der Waals surface area contributed by atoms with Gasteiger partial charge in [-0.2, -0.15) is 4.57 Å². The zero-order valence-electron chi connectivity index (χ0n) is 16.3. The summed E-state index contributed by atoms with van der Waals surface area (Å²) in [4.78, 5) is 12.8. The van der Waals surface area contributed by atoms with Crippen molar-refractivity contribution in [2.45, 2.75) is 6.54 Å². The molecule has 0 aliphatic carbocycles. The Kier molecular flexibility index (Phi) is 6.11. The van der Waals surface area contributed by atoms with Crippen molar-refractivity contribution < 1.29 is 30.4 Å². The summed E-state index contributed by atoms with van der Waals surface area (Å²) in [6.07, 6.45) is 5.23. The third-order valence-electron chi connectivity index (χ3n) is 5.00. The van der Waals surface area contributed by atoms with E-state index in [0.717, 1.165) is 20.8 Å². The van der Waals surface area contributed by atoms with Crippen LogP contribution in [0.1, 0.15) is 16.1 Å². The Balaban J connectivity index is 0.00000231. The molecule has 0 fully saturated rings. The SMILES string of the molecule is O=c1c(/C=C/c2sc3ccccc3[n+]2Cc2ccc(F)cc2)coc2ccccc12.[Br-]. The van der Waals surface area contributed by atoms with Crippen LogP contribution in [0.5, 0.6) is 0 Å². The number of thiazole rings is 1. The maximum absolute atomic E-state index is 13.3. The largest absolute Gasteiger partial charge is 1.00 e. The van der Waals surface area contributed by atoms with Gasteiger partial charge in [0.05, 0.1) is 10.9 Å². The first kappa shape index (κ1) is 21.2. The van der Waals surface area contributed by atoms with Crippen molar-refractivity contribution in [3.63, 3.8) is 0 Å². The van der Waals surface area contributed by atoms with E-state index in [-0.39, 0.29) is 28.2 Å². The van der Waals surface area contributed by atoms with E-state index in [9.17, 15) is 9.18 Å². The van der Waals surface area contributed by atoms with E-state index in [4.69, 9.17) is 4.42 Å². The van der Waals surface area contributed by atoms with Crippen molar-refractivity contribution in [2.24, 2.45) is 0 Å². The molecular formula is C25H17BrFNO2S. The standard InChI is InChI=1S/C25H17FNO2S.BrH/c26-19-12-9-17(10-13-19)15-27-21-6-2-4-8-23(21)30-24(27)14-11-18-16-29-22-7-3-1-5-20(22)25(18)28;/h1-14,16H,15H2;1H/q+1;/p-1/b14-11+;. The van der Waals surface area contributed by atoms with Crippen LogP contribution in [0, 0.1) is 5.82 Å². The predicted molar refractivity (Wildman–Crippen MR) is 119 cm³/mol. The number of benzene rings is 3. The minimum atomic E-state index is -0.248. The molecule has 3 nitrogen and oxygen atoms in total. The average molecular weight is 494 g/mol. The number of para-hydroxylation sites is 2. The molecule has 0 saturated carbocycles. The summed E-state index contributed by atoms with van der Waals surface area (Å²) in [5.41, 5.74) is 3.12. The molecule has 0 bridgehead atoms. The first-order chi connectivity index (χ1) is 14.7. The number of aromatic nitrogens is 1. The Labute approximate surface area is 192 Å². The van der Waals surface area contributed by atoms with Gasteiger partial charge in [0.2, 0.25) is 5.52 Å². The molecule has 5 rings (SSSR count). The van der Waals surface area contributed by atoms with E-state index in [0.29, 0.717) is 23.1 Å². The zero-order chi connectivity index (χ0) is 20.5. The molecule has 6 heteroatoms. The molecule has 0 amide bonds. The normalized spacial score (nSPS) is 11.3. The molecule has 0 unspecified atom stereocenters. The van der Waals surface area contributed by atoms with Gasteiger partial charge >= 0.3 is 0 Å². The Morgan fingerprint density at radius 2 is 1.68 bits per heavy atom. The summed E-state index contributed by atoms with van der Waals surface area (Å²) >= 11 is 1.64. The topological polar surface area (TPSA) is 34.1 Å². The molecule has 0 spiro atoms. The molecule has 154 valence electrons. The average Bonchev–Trinajstić information content (AvgIpc) is 3.12. The second-order valence-electron chi connectivity index (χ2n) is 6.97. The summed E-state index contributed by atoms with van der Waals surface area (Å²) in [7, 11) is 0. The van der Waals surface area contributed by atoms with Crippen molar-refractivity contribution in [3.05, 3.63) is 111 Å². The van der Waals surface area contributed by atoms with Crippen LogP contribution in [0.25, 0.3) is 33.3 Å². The van der Waals surface area contributed by atoms with Crippen LogP contribution in [-0.4, -0.2) is 0 Å². The Morgan fingerprint density at radius 1 is 0.935 bits per heavy atom. The van der Waals surface area contributed by atoms with E-state index in [1.807, 2.05) is 30.3 Å². The highest BCUT2D eigenvalue weighted by Gasteiger charge is 2.19. The maximum Gasteiger partial charge on any atom is 0.263 e. The minimum Gasteiger partial charge on any atom is -1.00 e. The van der Waals surface area contributed by atoms with Crippen molar-refractivity contribution in [2.75, 3.05) is 0 Å². The molecule has 5 aromatic rings. The smallest absolute Gasteiger partial charge is 0.263 e. The molecule has 2 aromatic heterocycles. The highest BCUT2D eigenvalue weighted by molar-refractivity contribution is 7.18. The van der Waals surface area contributed by atoms with Crippen LogP contribution in [0.4, 0.5) is 4.39 Å². The Bertz CT molecular complexity index is 1450. The molecule has 0 aliphatic heterocycles. The van der Waals surface area contributed by atoms with Gasteiger partial charge in [-0.15, -0.1) is 0 Å². The summed E-state index contributed by atoms with van der Waals surface area (Å²) in [6.45, 7) is 0.607. The lowest BCUT2D eigenvalue weighted by molar-refractivity contribution is -0.659. The fraction of sp³-hybridized carbons (Fsp3) is 0.0400. The van der Waals surface area contributed by atoms with Crippen LogP contribution in [-0.2, 0) is 6.54 Å². The van der Waals surface area contributed by atoms with Crippen molar-refractivity contribution in [1.82, 2.24) is 0 Å². The van der Waals surface area contributed by atoms with E-state index >= 15 is 0 Å². The quantitative estimate of drug-likeness (QED) is 0.360. The lowest BCUT2D eigenvalue weighted by Crippen LogP contribution is -3.00. The third-order valence-corrected chi connectivity index (χ3v) is 6.13. The van der Waals surface area contributed by atoms with Crippen molar-refractivity contribution in [1.29, 1.82) is 0 Å². The number of hydrogen-bond donors (Lipinski definition) is 0. The fourth-order valence-electron chi connectivity index (χ4n) is 3.48. The first-order valence-corrected chi connectivity index (χ1v) is 10.4. The molecule has 0 saturated heterocycles. The summed E-state index contributed by atoms with van der Waals surface area (Å²) in [6, 6.07) is 21.9. The minimum absolute atomic E-state index is 0. The lowest BCUT2D eigenvalue weighted by Gasteiger charge is -1.99. The van der Waals surface area contributed by atoms with Gasteiger partial charge in [-0.25, -0.2) is 4.39 Å². The highest BCUT2D eigenvalue weighted by atomic mass is 79.9. The molecule has 0 radical (unpaired) electrons. The van der Waals surface area contributed by atoms with Crippen molar-refractivity contribution >= 4 is 44.7 Å². The number of rotatable bonds is 4. The van der Waals surface area contributed by atoms with Crippen LogP contribution >= 0.6 is 11.3 Å². The van der Waals surface area contributed by atoms with Gasteiger partial charge in [0, 0.05) is 17.7 Å². The highest BCUT2D eigenvalue weighted by Crippen LogP contribution is 2.23. The van der Waals surface area contributed by atoms with Gasteiger partial charge in [-0.05, 0) is 48.5 Å². The summed E-state index contributed by atoms with van der Waals surface area (Å²) in [5.74, 6) is -0.248. The van der Waals surface area contributed by atoms with Crippen molar-refractivity contribution in [3.8, 4) is 0 Å². The van der Waals surface area contributed by atoms with Gasteiger partial charge in [0.25, 0.3) is 5.01 Å². The number of fused-ring (bicyclic) bond motifs is 2. The number of halogens is 2. The molecule has 2 heterocycles. The number of nitrogens with zero attached hydrogens (tertiary/aromatic N) is 1. The molecule has 0 N–H and O–H groups in total. The monoisotopic (exact) mass is 493 g/mol. The van der Waals surface area contributed by atoms with Crippen LogP contribution in [0.3, 0.4) is 0 Å². The lowest BCUT2D eigenvalue weighted by atomic mass is 10.1. The summed E-state index contributed by atoms with van der Waals surface area (Å²) in [5, 5.41) is 1.56. The zero-order valence-corrected chi connectivity index (χ0v) is 18.7. The van der Waals surface area contributed by atoms with Gasteiger partial charge < -0.3 is 21.4 Å². The molecule has 3 aromatic carbocycles. The molecule has 0 atom stereocenters. The van der Waals surface area contributed by atoms with E-state index in [1.165, 1.54) is 18.4 Å². The van der Waals surface area contributed by atoms with Gasteiger partial charge in [-0.1, -0.05) is 35.6 Å². The van der Waals surface area contributed by atoms with E-state index < -0.39 is 0 Å². The molecule has 31 heavy (non-hydrogen) atoms. The van der Waals surface area contributed by atoms with Crippen LogP contribution in [0.15, 0.2) is 88.3 Å². The van der Waals surface area contributed by atoms with Crippen LogP contribution < -0.4 is 27.0 Å². The van der Waals surface area contributed by atoms with E-state index in [1.54, 1.807) is 41.7 Å². The maximum atomic E-state index is 13.3. The second kappa shape index (κ2) is 8.96. The first-order valence-electron chi connectivity index (χ1n) is 9.53. The second-order valence-corrected chi connectivity index (χ2v) is 8.03. The van der Waals surface area contributed by atoms with E-state index in [2.05, 4.69) is 16.7 Å². The van der Waals surface area contributed by atoms with Crippen LogP contribution in [0.2, 0.25) is 0 Å². The summed E-state index contributed by atoms with van der Waals surface area (Å²) < 4.78 is 22.2. The molecule has 0 aliphatic rings. The van der Waals surface area contributed by atoms with Gasteiger partial charge in [0.15, 0.2) is 12.0 Å². The Hall–Kier alpha value is -3.09. The Morgan fingerprint density at radius 3 is 2.52 bits per heavy atom. The fourth-order valence-corrected chi connectivity index (χ4v) is 4.55. The molecular weight excluding hydrogens is 477 g/mol. The van der Waals surface area contributed by atoms with Gasteiger partial charge in [0.1, 0.15) is 22.4 Å². The third kappa shape index (κ3) is 4.22. The van der Waals surface area contributed by atoms with Gasteiger partial charge in [-0.3, -0.25) is 4.79 Å². The predicted octanol–water partition coefficient (Wildman–Crippen LogP) is 2.66. The number of hydrogen-bond acceptors (Lipinski definition) is 3.